The third-order valence-electron chi connectivity index (χ3n) is 3.37. The van der Waals surface area contributed by atoms with Gasteiger partial charge in [-0.3, -0.25) is 0 Å². The molecule has 0 saturated heterocycles. The summed E-state index contributed by atoms with van der Waals surface area (Å²) in [6.45, 7) is 0. The van der Waals surface area contributed by atoms with Crippen LogP contribution in [0.4, 0.5) is 0 Å². The summed E-state index contributed by atoms with van der Waals surface area (Å²) in [4.78, 5) is 7.89. The standard InChI is InChI=1S/C17H12Cl2N2O/c18-12-5-6-14(17(22)11-8-20-10-21-9-11)15(7-12)13-3-1-2-4-16(13)19/h1-10,17,22H. The maximum absolute atomic E-state index is 10.6. The highest BCUT2D eigenvalue weighted by atomic mass is 35.5. The van der Waals surface area contributed by atoms with Crippen molar-refractivity contribution in [3.63, 3.8) is 0 Å². The van der Waals surface area contributed by atoms with Gasteiger partial charge in [-0.05, 0) is 29.3 Å². The highest BCUT2D eigenvalue weighted by molar-refractivity contribution is 6.34. The van der Waals surface area contributed by atoms with Crippen LogP contribution in [-0.2, 0) is 0 Å². The minimum absolute atomic E-state index is 0.579. The van der Waals surface area contributed by atoms with Gasteiger partial charge in [-0.2, -0.15) is 0 Å². The molecule has 3 rings (SSSR count). The number of benzene rings is 2. The van der Waals surface area contributed by atoms with Crippen LogP contribution in [0.3, 0.4) is 0 Å². The average molecular weight is 331 g/mol. The third-order valence-corrected chi connectivity index (χ3v) is 3.93. The molecule has 0 aliphatic heterocycles. The first kappa shape index (κ1) is 15.0. The van der Waals surface area contributed by atoms with Gasteiger partial charge in [0.1, 0.15) is 12.4 Å². The molecule has 0 radical (unpaired) electrons. The van der Waals surface area contributed by atoms with Crippen LogP contribution in [0.2, 0.25) is 10.0 Å². The van der Waals surface area contributed by atoms with Crippen molar-refractivity contribution in [2.45, 2.75) is 6.10 Å². The second-order valence-corrected chi connectivity index (χ2v) is 5.63. The number of hydrogen-bond acceptors (Lipinski definition) is 3. The lowest BCUT2D eigenvalue weighted by Crippen LogP contribution is -2.03. The predicted octanol–water partition coefficient (Wildman–Crippen LogP) is 4.53. The molecule has 0 amide bonds. The molecule has 1 unspecified atom stereocenters. The maximum Gasteiger partial charge on any atom is 0.115 e. The van der Waals surface area contributed by atoms with Gasteiger partial charge in [-0.1, -0.05) is 47.5 Å². The van der Waals surface area contributed by atoms with Crippen LogP contribution in [0, 0.1) is 0 Å². The van der Waals surface area contributed by atoms with Crippen molar-refractivity contribution < 1.29 is 5.11 Å². The zero-order valence-electron chi connectivity index (χ0n) is 11.4. The molecule has 0 aliphatic carbocycles. The van der Waals surface area contributed by atoms with Gasteiger partial charge in [-0.15, -0.1) is 0 Å². The molecule has 1 heterocycles. The van der Waals surface area contributed by atoms with Crippen LogP contribution in [0.25, 0.3) is 11.1 Å². The summed E-state index contributed by atoms with van der Waals surface area (Å²) < 4.78 is 0. The quantitative estimate of drug-likeness (QED) is 0.767. The van der Waals surface area contributed by atoms with E-state index < -0.39 is 6.10 Å². The van der Waals surface area contributed by atoms with Gasteiger partial charge < -0.3 is 5.11 Å². The highest BCUT2D eigenvalue weighted by Crippen LogP contribution is 2.36. The van der Waals surface area contributed by atoms with Crippen LogP contribution in [0.1, 0.15) is 17.2 Å². The zero-order valence-corrected chi connectivity index (χ0v) is 13.0. The van der Waals surface area contributed by atoms with E-state index in [1.54, 1.807) is 36.7 Å². The lowest BCUT2D eigenvalue weighted by molar-refractivity contribution is 0.220. The summed E-state index contributed by atoms with van der Waals surface area (Å²) in [6.07, 6.45) is 3.74. The minimum Gasteiger partial charge on any atom is -0.384 e. The Kier molecular flexibility index (Phi) is 4.39. The van der Waals surface area contributed by atoms with Gasteiger partial charge in [0.05, 0.1) is 0 Å². The fourth-order valence-corrected chi connectivity index (χ4v) is 2.72. The Morgan fingerprint density at radius 2 is 1.64 bits per heavy atom. The molecule has 0 spiro atoms. The summed E-state index contributed by atoms with van der Waals surface area (Å²) in [5, 5.41) is 11.8. The minimum atomic E-state index is -0.857. The topological polar surface area (TPSA) is 46.0 Å². The number of aromatic nitrogens is 2. The third kappa shape index (κ3) is 2.97. The number of nitrogens with zero attached hydrogens (tertiary/aromatic N) is 2. The van der Waals surface area contributed by atoms with E-state index in [1.165, 1.54) is 6.33 Å². The number of hydrogen-bond donors (Lipinski definition) is 1. The summed E-state index contributed by atoms with van der Waals surface area (Å²) in [6, 6.07) is 12.8. The lowest BCUT2D eigenvalue weighted by Gasteiger charge is -2.17. The number of halogens is 2. The van der Waals surface area contributed by atoms with Crippen LogP contribution in [-0.4, -0.2) is 15.1 Å². The first-order valence-corrected chi connectivity index (χ1v) is 7.39. The van der Waals surface area contributed by atoms with Gasteiger partial charge in [0.15, 0.2) is 0 Å². The Morgan fingerprint density at radius 1 is 0.909 bits per heavy atom. The van der Waals surface area contributed by atoms with Gasteiger partial charge in [0, 0.05) is 33.6 Å². The number of aliphatic hydroxyl groups is 1. The molecule has 3 aromatic rings. The molecule has 1 atom stereocenters. The monoisotopic (exact) mass is 330 g/mol. The van der Waals surface area contributed by atoms with Crippen molar-refractivity contribution in [1.82, 2.24) is 9.97 Å². The van der Waals surface area contributed by atoms with Crippen molar-refractivity contribution in [1.29, 1.82) is 0 Å². The molecule has 5 heteroatoms. The van der Waals surface area contributed by atoms with E-state index >= 15 is 0 Å². The van der Waals surface area contributed by atoms with E-state index in [9.17, 15) is 5.11 Å². The zero-order chi connectivity index (χ0) is 15.5. The van der Waals surface area contributed by atoms with Gasteiger partial charge >= 0.3 is 0 Å². The van der Waals surface area contributed by atoms with E-state index in [0.717, 1.165) is 11.1 Å². The first-order chi connectivity index (χ1) is 10.7. The maximum atomic E-state index is 10.6. The molecule has 3 nitrogen and oxygen atoms in total. The van der Waals surface area contributed by atoms with Gasteiger partial charge in [-0.25, -0.2) is 9.97 Å². The van der Waals surface area contributed by atoms with Gasteiger partial charge in [0.25, 0.3) is 0 Å². The van der Waals surface area contributed by atoms with Crippen molar-refractivity contribution in [3.05, 3.63) is 82.4 Å². The number of rotatable bonds is 3. The highest BCUT2D eigenvalue weighted by Gasteiger charge is 2.18. The second kappa shape index (κ2) is 6.44. The Morgan fingerprint density at radius 3 is 2.36 bits per heavy atom. The van der Waals surface area contributed by atoms with Gasteiger partial charge in [0.2, 0.25) is 0 Å². The van der Waals surface area contributed by atoms with E-state index in [4.69, 9.17) is 23.2 Å². The average Bonchev–Trinajstić information content (AvgIpc) is 2.55. The molecular formula is C17H12Cl2N2O. The first-order valence-electron chi connectivity index (χ1n) is 6.64. The molecule has 0 aliphatic rings. The molecule has 1 N–H and O–H groups in total. The van der Waals surface area contributed by atoms with Crippen LogP contribution in [0.5, 0.6) is 0 Å². The molecule has 0 saturated carbocycles. The summed E-state index contributed by atoms with van der Waals surface area (Å²) in [5.41, 5.74) is 2.91. The molecule has 0 fully saturated rings. The molecular weight excluding hydrogens is 319 g/mol. The fourth-order valence-electron chi connectivity index (χ4n) is 2.31. The number of aliphatic hydroxyl groups excluding tert-OH is 1. The smallest absolute Gasteiger partial charge is 0.115 e. The normalized spacial score (nSPS) is 12.1. The Hall–Kier alpha value is -1.94. The predicted molar refractivity (Wildman–Crippen MR) is 88.0 cm³/mol. The molecule has 0 bridgehead atoms. The van der Waals surface area contributed by atoms with E-state index in [-0.39, 0.29) is 0 Å². The summed E-state index contributed by atoms with van der Waals surface area (Å²) in [5.74, 6) is 0. The van der Waals surface area contributed by atoms with Crippen LogP contribution >= 0.6 is 23.2 Å². The van der Waals surface area contributed by atoms with Crippen molar-refractivity contribution >= 4 is 23.2 Å². The van der Waals surface area contributed by atoms with E-state index in [1.807, 2.05) is 18.2 Å². The SMILES string of the molecule is OC(c1cncnc1)c1ccc(Cl)cc1-c1ccccc1Cl. The largest absolute Gasteiger partial charge is 0.384 e. The summed E-state index contributed by atoms with van der Waals surface area (Å²) >= 11 is 12.4. The summed E-state index contributed by atoms with van der Waals surface area (Å²) in [7, 11) is 0. The Balaban J connectivity index is 2.15. The molecule has 110 valence electrons. The Labute approximate surface area is 138 Å². The van der Waals surface area contributed by atoms with Crippen LogP contribution < -0.4 is 0 Å². The molecule has 1 aromatic heterocycles. The molecule has 22 heavy (non-hydrogen) atoms. The Bertz CT molecular complexity index is 794. The van der Waals surface area contributed by atoms with Crippen molar-refractivity contribution in [3.8, 4) is 11.1 Å². The second-order valence-electron chi connectivity index (χ2n) is 4.79. The van der Waals surface area contributed by atoms with Crippen molar-refractivity contribution in [2.24, 2.45) is 0 Å². The van der Waals surface area contributed by atoms with Crippen LogP contribution in [0.15, 0.2) is 61.2 Å². The van der Waals surface area contributed by atoms with Crippen molar-refractivity contribution in [2.75, 3.05) is 0 Å². The van der Waals surface area contributed by atoms with E-state index in [2.05, 4.69) is 9.97 Å². The molecule has 2 aromatic carbocycles. The van der Waals surface area contributed by atoms with E-state index in [0.29, 0.717) is 21.2 Å². The lowest BCUT2D eigenvalue weighted by atomic mass is 9.94. The fraction of sp³-hybridized carbons (Fsp3) is 0.0588.